The van der Waals surface area contributed by atoms with Crippen molar-refractivity contribution in [1.29, 1.82) is 0 Å². The predicted octanol–water partition coefficient (Wildman–Crippen LogP) is 3.96. The standard InChI is InChI=1S/C21H27NO2/c1-21(22,13-23)18-8-6-17-12-19(9-7-16(17)11-18)24-20-10-14-2-4-15(20)5-3-14/h6-9,11-12,14-15,20,23H,2-5,10,13,22H2,1H3/t14?,15?,20-,21?/m1/s1. The van der Waals surface area contributed by atoms with Gasteiger partial charge >= 0.3 is 0 Å². The van der Waals surface area contributed by atoms with Crippen LogP contribution in [0.15, 0.2) is 36.4 Å². The van der Waals surface area contributed by atoms with Crippen molar-refractivity contribution in [2.75, 3.05) is 6.61 Å². The zero-order valence-corrected chi connectivity index (χ0v) is 14.4. The predicted molar refractivity (Wildman–Crippen MR) is 97.1 cm³/mol. The van der Waals surface area contributed by atoms with E-state index in [1.807, 2.05) is 13.0 Å². The number of fused-ring (bicyclic) bond motifs is 4. The van der Waals surface area contributed by atoms with Crippen LogP contribution >= 0.6 is 0 Å². The molecule has 3 heteroatoms. The van der Waals surface area contributed by atoms with Crippen molar-refractivity contribution in [3.05, 3.63) is 42.0 Å². The van der Waals surface area contributed by atoms with E-state index in [2.05, 4.69) is 30.3 Å². The molecular weight excluding hydrogens is 298 g/mol. The van der Waals surface area contributed by atoms with Gasteiger partial charge in [-0.25, -0.2) is 0 Å². The van der Waals surface area contributed by atoms with Crippen LogP contribution in [0.2, 0.25) is 0 Å². The SMILES string of the molecule is CC(N)(CO)c1ccc2cc(O[C@@H]3CC4CCC3CC4)ccc2c1. The first-order chi connectivity index (χ1) is 11.5. The van der Waals surface area contributed by atoms with Gasteiger partial charge in [0.25, 0.3) is 0 Å². The van der Waals surface area contributed by atoms with E-state index in [1.54, 1.807) is 0 Å². The van der Waals surface area contributed by atoms with Crippen LogP contribution in [0.25, 0.3) is 10.8 Å². The molecule has 3 aliphatic carbocycles. The topological polar surface area (TPSA) is 55.5 Å². The number of nitrogens with two attached hydrogens (primary N) is 1. The smallest absolute Gasteiger partial charge is 0.120 e. The lowest BCUT2D eigenvalue weighted by molar-refractivity contribution is 0.0202. The molecule has 3 aliphatic rings. The van der Waals surface area contributed by atoms with E-state index in [0.29, 0.717) is 6.10 Å². The first kappa shape index (κ1) is 15.9. The van der Waals surface area contributed by atoms with E-state index in [9.17, 15) is 5.11 Å². The van der Waals surface area contributed by atoms with Crippen LogP contribution < -0.4 is 10.5 Å². The Morgan fingerprint density at radius 3 is 2.46 bits per heavy atom. The Hall–Kier alpha value is -1.58. The van der Waals surface area contributed by atoms with Crippen LogP contribution in [0, 0.1) is 11.8 Å². The van der Waals surface area contributed by atoms with Crippen molar-refractivity contribution in [2.24, 2.45) is 17.6 Å². The third-order valence-electron chi connectivity index (χ3n) is 6.07. The minimum absolute atomic E-state index is 0.0655. The second-order valence-electron chi connectivity index (χ2n) is 7.97. The van der Waals surface area contributed by atoms with Crippen LogP contribution in [-0.4, -0.2) is 17.8 Å². The molecule has 5 rings (SSSR count). The number of hydrogen-bond donors (Lipinski definition) is 2. The number of ether oxygens (including phenoxy) is 1. The van der Waals surface area contributed by atoms with Crippen molar-refractivity contribution in [3.8, 4) is 5.75 Å². The summed E-state index contributed by atoms with van der Waals surface area (Å²) >= 11 is 0. The van der Waals surface area contributed by atoms with E-state index in [0.717, 1.165) is 33.9 Å². The van der Waals surface area contributed by atoms with Gasteiger partial charge in [-0.2, -0.15) is 0 Å². The third-order valence-corrected chi connectivity index (χ3v) is 6.07. The highest BCUT2D eigenvalue weighted by molar-refractivity contribution is 5.84. The third kappa shape index (κ3) is 2.91. The summed E-state index contributed by atoms with van der Waals surface area (Å²) < 4.78 is 6.35. The van der Waals surface area contributed by atoms with Gasteiger partial charge in [0, 0.05) is 0 Å². The van der Waals surface area contributed by atoms with Gasteiger partial charge in [-0.3, -0.25) is 0 Å². The minimum Gasteiger partial charge on any atom is -0.490 e. The molecule has 2 aromatic rings. The van der Waals surface area contributed by atoms with Crippen molar-refractivity contribution >= 4 is 10.8 Å². The van der Waals surface area contributed by atoms with Crippen LogP contribution in [0.3, 0.4) is 0 Å². The fourth-order valence-corrected chi connectivity index (χ4v) is 4.38. The molecule has 3 fully saturated rings. The molecule has 3 saturated carbocycles. The lowest BCUT2D eigenvalue weighted by atomic mass is 9.69. The maximum Gasteiger partial charge on any atom is 0.120 e. The summed E-state index contributed by atoms with van der Waals surface area (Å²) in [6.45, 7) is 1.79. The van der Waals surface area contributed by atoms with Crippen molar-refractivity contribution in [3.63, 3.8) is 0 Å². The number of hydrogen-bond acceptors (Lipinski definition) is 3. The molecule has 0 heterocycles. The molecule has 2 atom stereocenters. The zero-order chi connectivity index (χ0) is 16.7. The Kier molecular flexibility index (Phi) is 4.01. The number of aliphatic hydroxyl groups is 1. The van der Waals surface area contributed by atoms with Crippen molar-refractivity contribution in [2.45, 2.75) is 50.7 Å². The molecule has 0 saturated heterocycles. The quantitative estimate of drug-likeness (QED) is 0.894. The van der Waals surface area contributed by atoms with Gasteiger partial charge in [-0.1, -0.05) is 18.2 Å². The fourth-order valence-electron chi connectivity index (χ4n) is 4.38. The molecule has 3 nitrogen and oxygen atoms in total. The van der Waals surface area contributed by atoms with Gasteiger partial charge in [0.05, 0.1) is 12.1 Å². The molecule has 0 amide bonds. The lowest BCUT2D eigenvalue weighted by Crippen LogP contribution is -2.38. The molecule has 0 radical (unpaired) electrons. The second-order valence-corrected chi connectivity index (χ2v) is 7.97. The lowest BCUT2D eigenvalue weighted by Gasteiger charge is -2.42. The van der Waals surface area contributed by atoms with Crippen LogP contribution in [0.4, 0.5) is 0 Å². The Morgan fingerprint density at radius 2 is 1.79 bits per heavy atom. The van der Waals surface area contributed by atoms with Gasteiger partial charge in [0.15, 0.2) is 0 Å². The molecule has 128 valence electrons. The highest BCUT2D eigenvalue weighted by Crippen LogP contribution is 2.43. The number of aliphatic hydroxyl groups excluding tert-OH is 1. The summed E-state index contributed by atoms with van der Waals surface area (Å²) in [5, 5.41) is 11.7. The summed E-state index contributed by atoms with van der Waals surface area (Å²) in [7, 11) is 0. The van der Waals surface area contributed by atoms with Gasteiger partial charge in [0.2, 0.25) is 0 Å². The van der Waals surface area contributed by atoms with Crippen LogP contribution in [0.5, 0.6) is 5.75 Å². The van der Waals surface area contributed by atoms with Gasteiger partial charge in [-0.15, -0.1) is 0 Å². The highest BCUT2D eigenvalue weighted by atomic mass is 16.5. The minimum atomic E-state index is -0.704. The Balaban J connectivity index is 1.56. The van der Waals surface area contributed by atoms with Gasteiger partial charge < -0.3 is 15.6 Å². The van der Waals surface area contributed by atoms with E-state index in [1.165, 1.54) is 32.1 Å². The highest BCUT2D eigenvalue weighted by Gasteiger charge is 2.36. The largest absolute Gasteiger partial charge is 0.490 e. The molecule has 2 aromatic carbocycles. The van der Waals surface area contributed by atoms with Crippen LogP contribution in [-0.2, 0) is 5.54 Å². The monoisotopic (exact) mass is 325 g/mol. The number of rotatable bonds is 4. The number of benzene rings is 2. The first-order valence-corrected chi connectivity index (χ1v) is 9.16. The van der Waals surface area contributed by atoms with Gasteiger partial charge in [0.1, 0.15) is 11.9 Å². The Morgan fingerprint density at radius 1 is 1.08 bits per heavy atom. The zero-order valence-electron chi connectivity index (χ0n) is 14.4. The summed E-state index contributed by atoms with van der Waals surface area (Å²) in [5.41, 5.74) is 6.39. The maximum atomic E-state index is 9.45. The summed E-state index contributed by atoms with van der Waals surface area (Å²) in [5.74, 6) is 2.60. The molecule has 1 unspecified atom stereocenters. The normalized spacial score (nSPS) is 28.7. The first-order valence-electron chi connectivity index (χ1n) is 9.16. The Labute approximate surface area is 143 Å². The fraction of sp³-hybridized carbons (Fsp3) is 0.524. The van der Waals surface area contributed by atoms with E-state index >= 15 is 0 Å². The molecular formula is C21H27NO2. The summed E-state index contributed by atoms with van der Waals surface area (Å²) in [4.78, 5) is 0. The molecule has 0 aromatic heterocycles. The molecule has 0 aliphatic heterocycles. The maximum absolute atomic E-state index is 9.45. The summed E-state index contributed by atoms with van der Waals surface area (Å²) in [6.07, 6.45) is 7.09. The average Bonchev–Trinajstić information content (AvgIpc) is 2.62. The van der Waals surface area contributed by atoms with Crippen molar-refractivity contribution < 1.29 is 9.84 Å². The Bertz CT molecular complexity index is 732. The molecule has 24 heavy (non-hydrogen) atoms. The molecule has 0 spiro atoms. The second kappa shape index (κ2) is 6.05. The molecule has 2 bridgehead atoms. The summed E-state index contributed by atoms with van der Waals surface area (Å²) in [6, 6.07) is 12.5. The van der Waals surface area contributed by atoms with Crippen molar-refractivity contribution in [1.82, 2.24) is 0 Å². The van der Waals surface area contributed by atoms with E-state index in [4.69, 9.17) is 10.5 Å². The van der Waals surface area contributed by atoms with E-state index < -0.39 is 5.54 Å². The van der Waals surface area contributed by atoms with Gasteiger partial charge in [-0.05, 0) is 85.4 Å². The molecule has 3 N–H and O–H groups in total. The van der Waals surface area contributed by atoms with Crippen LogP contribution in [0.1, 0.15) is 44.6 Å². The average molecular weight is 325 g/mol. The van der Waals surface area contributed by atoms with E-state index in [-0.39, 0.29) is 6.61 Å².